The molecule has 2 amide bonds. The van der Waals surface area contributed by atoms with Gasteiger partial charge in [-0.05, 0) is 44.0 Å². The summed E-state index contributed by atoms with van der Waals surface area (Å²) in [5.41, 5.74) is 6.48. The molecule has 1 aromatic carbocycles. The third-order valence-corrected chi connectivity index (χ3v) is 3.31. The number of amides is 2. The van der Waals surface area contributed by atoms with Crippen molar-refractivity contribution in [3.8, 4) is 0 Å². The van der Waals surface area contributed by atoms with E-state index in [1.54, 1.807) is 24.3 Å². The molecule has 0 unspecified atom stereocenters. The van der Waals surface area contributed by atoms with Crippen LogP contribution in [0.3, 0.4) is 0 Å². The van der Waals surface area contributed by atoms with E-state index in [2.05, 4.69) is 19.2 Å². The molecule has 0 fully saturated rings. The first-order valence-electron chi connectivity index (χ1n) is 8.01. The molecule has 0 aliphatic rings. The van der Waals surface area contributed by atoms with Crippen LogP contribution in [-0.4, -0.2) is 42.9 Å². The summed E-state index contributed by atoms with van der Waals surface area (Å²) in [6, 6.07) is 6.90. The van der Waals surface area contributed by atoms with Gasteiger partial charge in [-0.1, -0.05) is 19.9 Å². The molecule has 0 aliphatic carbocycles. The fourth-order valence-corrected chi connectivity index (χ4v) is 2.24. The Bertz CT molecular complexity index is 483. The molecule has 0 atom stereocenters. The largest absolute Gasteiger partial charge is 0.352 e. The number of hydrogen-bond acceptors (Lipinski definition) is 3. The molecule has 0 heterocycles. The first-order valence-corrected chi connectivity index (χ1v) is 8.01. The predicted octanol–water partition coefficient (Wildman–Crippen LogP) is 2.03. The molecule has 0 saturated carbocycles. The second kappa shape index (κ2) is 9.95. The Hall–Kier alpha value is -1.88. The first-order chi connectivity index (χ1) is 10.6. The molecule has 1 rings (SSSR count). The maximum absolute atomic E-state index is 12.5. The molecular formula is C17H27N3O2. The van der Waals surface area contributed by atoms with E-state index in [0.717, 1.165) is 32.4 Å². The summed E-state index contributed by atoms with van der Waals surface area (Å²) in [4.78, 5) is 26.4. The van der Waals surface area contributed by atoms with Crippen molar-refractivity contribution in [3.05, 3.63) is 35.4 Å². The number of carbonyl (C=O) groups is 2. The highest BCUT2D eigenvalue weighted by Gasteiger charge is 2.15. The predicted molar refractivity (Wildman–Crippen MR) is 88.9 cm³/mol. The molecule has 5 heteroatoms. The standard InChI is InChI=1S/C17H27N3O2/c1-3-11-20(12-4-2)17(22)15-8-5-7-14(13-15)16(21)19-10-6-9-18/h5,7-8,13H,3-4,6,9-12,18H2,1-2H3,(H,19,21). The summed E-state index contributed by atoms with van der Waals surface area (Å²) in [5, 5.41) is 2.80. The Balaban J connectivity index is 2.81. The van der Waals surface area contributed by atoms with Crippen LogP contribution in [0.25, 0.3) is 0 Å². The van der Waals surface area contributed by atoms with E-state index in [-0.39, 0.29) is 11.8 Å². The van der Waals surface area contributed by atoms with E-state index < -0.39 is 0 Å². The van der Waals surface area contributed by atoms with Crippen molar-refractivity contribution >= 4 is 11.8 Å². The van der Waals surface area contributed by atoms with Gasteiger partial charge in [0.15, 0.2) is 0 Å². The number of rotatable bonds is 9. The van der Waals surface area contributed by atoms with E-state index >= 15 is 0 Å². The van der Waals surface area contributed by atoms with Gasteiger partial charge in [-0.15, -0.1) is 0 Å². The minimum Gasteiger partial charge on any atom is -0.352 e. The highest BCUT2D eigenvalue weighted by molar-refractivity contribution is 5.99. The smallest absolute Gasteiger partial charge is 0.253 e. The quantitative estimate of drug-likeness (QED) is 0.685. The molecule has 0 aromatic heterocycles. The summed E-state index contributed by atoms with van der Waals surface area (Å²) in [7, 11) is 0. The molecule has 0 bridgehead atoms. The number of carbonyl (C=O) groups excluding carboxylic acids is 2. The molecule has 0 spiro atoms. The third-order valence-electron chi connectivity index (χ3n) is 3.31. The number of nitrogens with two attached hydrogens (primary N) is 1. The Labute approximate surface area is 132 Å². The second-order valence-corrected chi connectivity index (χ2v) is 5.27. The van der Waals surface area contributed by atoms with Crippen molar-refractivity contribution in [3.63, 3.8) is 0 Å². The lowest BCUT2D eigenvalue weighted by atomic mass is 10.1. The first kappa shape index (κ1) is 18.2. The molecule has 0 radical (unpaired) electrons. The van der Waals surface area contributed by atoms with Crippen molar-refractivity contribution in [1.29, 1.82) is 0 Å². The van der Waals surface area contributed by atoms with Gasteiger partial charge in [-0.25, -0.2) is 0 Å². The summed E-state index contributed by atoms with van der Waals surface area (Å²) in [6.07, 6.45) is 2.58. The highest BCUT2D eigenvalue weighted by Crippen LogP contribution is 2.10. The average molecular weight is 305 g/mol. The SMILES string of the molecule is CCCN(CCC)C(=O)c1cccc(C(=O)NCCCN)c1. The molecule has 5 nitrogen and oxygen atoms in total. The van der Waals surface area contributed by atoms with Crippen LogP contribution >= 0.6 is 0 Å². The van der Waals surface area contributed by atoms with Gasteiger partial charge in [-0.2, -0.15) is 0 Å². The third kappa shape index (κ3) is 5.48. The number of benzene rings is 1. The maximum atomic E-state index is 12.5. The van der Waals surface area contributed by atoms with Gasteiger partial charge >= 0.3 is 0 Å². The molecule has 3 N–H and O–H groups in total. The van der Waals surface area contributed by atoms with Crippen molar-refractivity contribution in [2.24, 2.45) is 5.73 Å². The van der Waals surface area contributed by atoms with Crippen molar-refractivity contribution < 1.29 is 9.59 Å². The van der Waals surface area contributed by atoms with Gasteiger partial charge < -0.3 is 16.0 Å². The Morgan fingerprint density at radius 2 is 1.77 bits per heavy atom. The molecule has 0 saturated heterocycles. The van der Waals surface area contributed by atoms with Crippen LogP contribution in [0.15, 0.2) is 24.3 Å². The zero-order valence-electron chi connectivity index (χ0n) is 13.6. The van der Waals surface area contributed by atoms with Crippen molar-refractivity contribution in [1.82, 2.24) is 10.2 Å². The molecule has 0 aliphatic heterocycles. The van der Waals surface area contributed by atoms with Crippen LogP contribution in [0.4, 0.5) is 0 Å². The van der Waals surface area contributed by atoms with Crippen LogP contribution in [0.2, 0.25) is 0 Å². The zero-order valence-corrected chi connectivity index (χ0v) is 13.6. The minimum absolute atomic E-state index is 0.0136. The Morgan fingerprint density at radius 1 is 1.14 bits per heavy atom. The van der Waals surface area contributed by atoms with Crippen LogP contribution in [0.5, 0.6) is 0 Å². The maximum Gasteiger partial charge on any atom is 0.253 e. The van der Waals surface area contributed by atoms with E-state index in [1.807, 2.05) is 4.90 Å². The lowest BCUT2D eigenvalue weighted by Crippen LogP contribution is -2.33. The normalized spacial score (nSPS) is 10.3. The number of nitrogens with zero attached hydrogens (tertiary/aromatic N) is 1. The van der Waals surface area contributed by atoms with Crippen LogP contribution < -0.4 is 11.1 Å². The van der Waals surface area contributed by atoms with E-state index in [4.69, 9.17) is 5.73 Å². The van der Waals surface area contributed by atoms with Gasteiger partial charge in [0.05, 0.1) is 0 Å². The lowest BCUT2D eigenvalue weighted by Gasteiger charge is -2.21. The topological polar surface area (TPSA) is 75.4 Å². The lowest BCUT2D eigenvalue weighted by molar-refractivity contribution is 0.0755. The van der Waals surface area contributed by atoms with Crippen LogP contribution in [0, 0.1) is 0 Å². The average Bonchev–Trinajstić information content (AvgIpc) is 2.54. The molecule has 122 valence electrons. The van der Waals surface area contributed by atoms with E-state index in [9.17, 15) is 9.59 Å². The van der Waals surface area contributed by atoms with Crippen LogP contribution in [0.1, 0.15) is 53.8 Å². The van der Waals surface area contributed by atoms with E-state index in [0.29, 0.717) is 24.2 Å². The number of hydrogen-bond donors (Lipinski definition) is 2. The Kier molecular flexibility index (Phi) is 8.22. The van der Waals surface area contributed by atoms with Gasteiger partial charge in [0.1, 0.15) is 0 Å². The Morgan fingerprint density at radius 3 is 2.36 bits per heavy atom. The molecule has 1 aromatic rings. The summed E-state index contributed by atoms with van der Waals surface area (Å²) >= 11 is 0. The fraction of sp³-hybridized carbons (Fsp3) is 0.529. The van der Waals surface area contributed by atoms with Gasteiger partial charge in [-0.3, -0.25) is 9.59 Å². The van der Waals surface area contributed by atoms with E-state index in [1.165, 1.54) is 0 Å². The number of nitrogens with one attached hydrogen (secondary N) is 1. The summed E-state index contributed by atoms with van der Waals surface area (Å²) in [6.45, 7) is 6.67. The zero-order chi connectivity index (χ0) is 16.4. The molecular weight excluding hydrogens is 278 g/mol. The minimum atomic E-state index is -0.166. The molecule has 22 heavy (non-hydrogen) atoms. The monoisotopic (exact) mass is 305 g/mol. The summed E-state index contributed by atoms with van der Waals surface area (Å²) in [5.74, 6) is -0.180. The van der Waals surface area contributed by atoms with Crippen LogP contribution in [-0.2, 0) is 0 Å². The fourth-order valence-electron chi connectivity index (χ4n) is 2.24. The summed E-state index contributed by atoms with van der Waals surface area (Å²) < 4.78 is 0. The second-order valence-electron chi connectivity index (χ2n) is 5.27. The van der Waals surface area contributed by atoms with Crippen molar-refractivity contribution in [2.75, 3.05) is 26.2 Å². The van der Waals surface area contributed by atoms with Gasteiger partial charge in [0, 0.05) is 30.8 Å². The van der Waals surface area contributed by atoms with Gasteiger partial charge in [0.2, 0.25) is 0 Å². The highest BCUT2D eigenvalue weighted by atomic mass is 16.2. The van der Waals surface area contributed by atoms with Gasteiger partial charge in [0.25, 0.3) is 11.8 Å². The van der Waals surface area contributed by atoms with Crippen molar-refractivity contribution in [2.45, 2.75) is 33.1 Å².